The molecule has 0 bridgehead atoms. The lowest BCUT2D eigenvalue weighted by Gasteiger charge is -2.29. The predicted molar refractivity (Wildman–Crippen MR) is 62.0 cm³/mol. The van der Waals surface area contributed by atoms with Gasteiger partial charge in [-0.3, -0.25) is 4.79 Å². The Balaban J connectivity index is 1.77. The fraction of sp³-hybridized carbons (Fsp3) is 0.917. The van der Waals surface area contributed by atoms with Crippen LogP contribution in [-0.2, 0) is 4.79 Å². The monoisotopic (exact) mass is 226 g/mol. The number of piperidine rings is 1. The molecular formula is C12H22N2O2. The zero-order valence-corrected chi connectivity index (χ0v) is 9.74. The first kappa shape index (κ1) is 11.9. The fourth-order valence-corrected chi connectivity index (χ4v) is 2.69. The zero-order chi connectivity index (χ0) is 11.4. The molecule has 92 valence electrons. The normalized spacial score (nSPS) is 35.7. The molecule has 2 rings (SSSR count). The number of carbonyl (C=O) groups excluding carboxylic acids is 1. The van der Waals surface area contributed by atoms with E-state index in [4.69, 9.17) is 0 Å². The van der Waals surface area contributed by atoms with Crippen molar-refractivity contribution in [2.45, 2.75) is 50.7 Å². The smallest absolute Gasteiger partial charge is 0.224 e. The molecule has 1 heterocycles. The summed E-state index contributed by atoms with van der Waals surface area (Å²) in [7, 11) is 0. The van der Waals surface area contributed by atoms with Crippen LogP contribution >= 0.6 is 0 Å². The molecule has 3 atom stereocenters. The highest BCUT2D eigenvalue weighted by Gasteiger charge is 2.26. The second kappa shape index (κ2) is 5.64. The molecule has 1 saturated carbocycles. The summed E-state index contributed by atoms with van der Waals surface area (Å²) < 4.78 is 0. The molecule has 0 unspecified atom stereocenters. The molecule has 1 amide bonds. The molecule has 1 aliphatic carbocycles. The Hall–Kier alpha value is -0.610. The maximum Gasteiger partial charge on any atom is 0.224 e. The first-order valence-corrected chi connectivity index (χ1v) is 6.45. The van der Waals surface area contributed by atoms with Gasteiger partial charge in [-0.05, 0) is 45.1 Å². The van der Waals surface area contributed by atoms with Crippen molar-refractivity contribution in [3.63, 3.8) is 0 Å². The van der Waals surface area contributed by atoms with Gasteiger partial charge in [0, 0.05) is 12.6 Å². The number of hydrogen-bond donors (Lipinski definition) is 3. The van der Waals surface area contributed by atoms with Crippen molar-refractivity contribution in [3.8, 4) is 0 Å². The highest BCUT2D eigenvalue weighted by Crippen LogP contribution is 2.19. The summed E-state index contributed by atoms with van der Waals surface area (Å²) in [5, 5.41) is 15.9. The van der Waals surface area contributed by atoms with Gasteiger partial charge in [0.05, 0.1) is 12.0 Å². The van der Waals surface area contributed by atoms with E-state index in [-0.39, 0.29) is 24.0 Å². The summed E-state index contributed by atoms with van der Waals surface area (Å²) in [4.78, 5) is 11.9. The maximum absolute atomic E-state index is 11.9. The highest BCUT2D eigenvalue weighted by molar-refractivity contribution is 5.79. The number of rotatable bonds is 2. The van der Waals surface area contributed by atoms with Crippen LogP contribution in [0.25, 0.3) is 0 Å². The topological polar surface area (TPSA) is 61.4 Å². The van der Waals surface area contributed by atoms with Gasteiger partial charge >= 0.3 is 0 Å². The summed E-state index contributed by atoms with van der Waals surface area (Å²) >= 11 is 0. The minimum atomic E-state index is -0.219. The van der Waals surface area contributed by atoms with Crippen LogP contribution in [0.1, 0.15) is 38.5 Å². The van der Waals surface area contributed by atoms with Gasteiger partial charge in [-0.1, -0.05) is 0 Å². The van der Waals surface area contributed by atoms with Crippen molar-refractivity contribution in [3.05, 3.63) is 0 Å². The van der Waals surface area contributed by atoms with E-state index in [2.05, 4.69) is 10.6 Å². The third kappa shape index (κ3) is 3.19. The van der Waals surface area contributed by atoms with Crippen molar-refractivity contribution in [2.24, 2.45) is 5.92 Å². The van der Waals surface area contributed by atoms with Crippen LogP contribution < -0.4 is 10.6 Å². The lowest BCUT2D eigenvalue weighted by Crippen LogP contribution is -2.46. The Kier molecular flexibility index (Phi) is 4.18. The lowest BCUT2D eigenvalue weighted by molar-refractivity contribution is -0.126. The molecule has 1 saturated heterocycles. The van der Waals surface area contributed by atoms with Crippen LogP contribution in [0.15, 0.2) is 0 Å². The van der Waals surface area contributed by atoms with Gasteiger partial charge in [0.1, 0.15) is 0 Å². The second-order valence-electron chi connectivity index (χ2n) is 5.07. The van der Waals surface area contributed by atoms with E-state index >= 15 is 0 Å². The van der Waals surface area contributed by atoms with Crippen molar-refractivity contribution in [1.29, 1.82) is 0 Å². The van der Waals surface area contributed by atoms with Gasteiger partial charge in [-0.25, -0.2) is 0 Å². The van der Waals surface area contributed by atoms with E-state index in [0.29, 0.717) is 0 Å². The number of carbonyl (C=O) groups is 1. The van der Waals surface area contributed by atoms with E-state index in [1.54, 1.807) is 0 Å². The molecular weight excluding hydrogens is 204 g/mol. The second-order valence-corrected chi connectivity index (χ2v) is 5.07. The number of nitrogens with one attached hydrogen (secondary N) is 2. The average Bonchev–Trinajstić information content (AvgIpc) is 2.30. The molecule has 0 radical (unpaired) electrons. The number of aliphatic hydroxyl groups is 1. The molecule has 3 N–H and O–H groups in total. The Morgan fingerprint density at radius 3 is 2.81 bits per heavy atom. The average molecular weight is 226 g/mol. The van der Waals surface area contributed by atoms with E-state index in [1.165, 1.54) is 0 Å². The van der Waals surface area contributed by atoms with E-state index < -0.39 is 0 Å². The Morgan fingerprint density at radius 1 is 1.25 bits per heavy atom. The number of aliphatic hydroxyl groups excluding tert-OH is 1. The van der Waals surface area contributed by atoms with Gasteiger partial charge in [0.25, 0.3) is 0 Å². The number of amides is 1. The predicted octanol–water partition coefficient (Wildman–Crippen LogP) is 0.406. The first-order chi connectivity index (χ1) is 7.75. The summed E-state index contributed by atoms with van der Waals surface area (Å²) in [5.41, 5.74) is 0. The Labute approximate surface area is 96.8 Å². The summed E-state index contributed by atoms with van der Waals surface area (Å²) in [6.45, 7) is 1.84. The highest BCUT2D eigenvalue weighted by atomic mass is 16.3. The molecule has 2 aliphatic rings. The molecule has 4 heteroatoms. The third-order valence-corrected chi connectivity index (χ3v) is 3.66. The molecule has 4 nitrogen and oxygen atoms in total. The summed E-state index contributed by atoms with van der Waals surface area (Å²) in [6.07, 6.45) is 5.52. The minimum Gasteiger partial charge on any atom is -0.393 e. The van der Waals surface area contributed by atoms with Crippen molar-refractivity contribution in [1.82, 2.24) is 10.6 Å². The maximum atomic E-state index is 11.9. The SMILES string of the molecule is O=C(N[C@@H]1CCC[C@H](O)C1)[C@@H]1CCCNC1. The van der Waals surface area contributed by atoms with Crippen molar-refractivity contribution < 1.29 is 9.90 Å². The van der Waals surface area contributed by atoms with Crippen LogP contribution in [0.4, 0.5) is 0 Å². The standard InChI is InChI=1S/C12H22N2O2/c15-11-5-1-4-10(7-11)14-12(16)9-3-2-6-13-8-9/h9-11,13,15H,1-8H2,(H,14,16)/t9-,10-,11+/m1/s1. The summed E-state index contributed by atoms with van der Waals surface area (Å²) in [6, 6.07) is 0.193. The first-order valence-electron chi connectivity index (χ1n) is 6.45. The van der Waals surface area contributed by atoms with Crippen LogP contribution in [0, 0.1) is 5.92 Å². The Morgan fingerprint density at radius 2 is 2.12 bits per heavy atom. The molecule has 0 spiro atoms. The lowest BCUT2D eigenvalue weighted by atomic mass is 9.91. The minimum absolute atomic E-state index is 0.132. The Bertz CT molecular complexity index is 239. The van der Waals surface area contributed by atoms with Crippen molar-refractivity contribution >= 4 is 5.91 Å². The largest absolute Gasteiger partial charge is 0.393 e. The van der Waals surface area contributed by atoms with Gasteiger partial charge in [0.2, 0.25) is 5.91 Å². The molecule has 2 fully saturated rings. The molecule has 16 heavy (non-hydrogen) atoms. The van der Waals surface area contributed by atoms with Gasteiger partial charge in [-0.2, -0.15) is 0 Å². The van der Waals surface area contributed by atoms with E-state index in [9.17, 15) is 9.90 Å². The molecule has 0 aromatic heterocycles. The van der Waals surface area contributed by atoms with Crippen molar-refractivity contribution in [2.75, 3.05) is 13.1 Å². The molecule has 1 aliphatic heterocycles. The zero-order valence-electron chi connectivity index (χ0n) is 9.74. The molecule has 0 aromatic carbocycles. The quantitative estimate of drug-likeness (QED) is 0.639. The van der Waals surface area contributed by atoms with E-state index in [0.717, 1.165) is 51.6 Å². The van der Waals surface area contributed by atoms with Crippen LogP contribution in [-0.4, -0.2) is 36.2 Å². The summed E-state index contributed by atoms with van der Waals surface area (Å²) in [5.74, 6) is 0.305. The van der Waals surface area contributed by atoms with Crippen LogP contribution in [0.5, 0.6) is 0 Å². The van der Waals surface area contributed by atoms with Crippen LogP contribution in [0.3, 0.4) is 0 Å². The third-order valence-electron chi connectivity index (χ3n) is 3.66. The van der Waals surface area contributed by atoms with Gasteiger partial charge in [0.15, 0.2) is 0 Å². The fourth-order valence-electron chi connectivity index (χ4n) is 2.69. The number of hydrogen-bond acceptors (Lipinski definition) is 3. The van der Waals surface area contributed by atoms with Gasteiger partial charge in [-0.15, -0.1) is 0 Å². The van der Waals surface area contributed by atoms with Crippen LogP contribution in [0.2, 0.25) is 0 Å². The van der Waals surface area contributed by atoms with E-state index in [1.807, 2.05) is 0 Å². The molecule has 0 aromatic rings. The van der Waals surface area contributed by atoms with Gasteiger partial charge < -0.3 is 15.7 Å².